The normalized spacial score (nSPS) is 11.1. The van der Waals surface area contributed by atoms with Crippen LogP contribution in [0.25, 0.3) is 22.3 Å². The van der Waals surface area contributed by atoms with E-state index in [0.29, 0.717) is 11.6 Å². The molecule has 19 heavy (non-hydrogen) atoms. The molecule has 6 heteroatoms. The predicted octanol–water partition coefficient (Wildman–Crippen LogP) is 2.86. The van der Waals surface area contributed by atoms with Gasteiger partial charge in [-0.25, -0.2) is 9.97 Å². The standard InChI is InChI=1S/C13H12BrN5/c1-6-17-12(16)9-10(14)11(19-13(9)18-6)7-2-4-8(15)5-3-7/h2-5H,15H2,1H3,(H3,16,17,18,19). The Hall–Kier alpha value is -2.08. The molecule has 0 saturated carbocycles. The lowest BCUT2D eigenvalue weighted by molar-refractivity contribution is 1.09. The molecule has 0 atom stereocenters. The average Bonchev–Trinajstić information content (AvgIpc) is 2.67. The molecule has 0 aliphatic carbocycles. The Labute approximate surface area is 118 Å². The molecule has 0 radical (unpaired) electrons. The number of aromatic amines is 1. The van der Waals surface area contributed by atoms with E-state index in [1.807, 2.05) is 31.2 Å². The fraction of sp³-hybridized carbons (Fsp3) is 0.0769. The topological polar surface area (TPSA) is 93.6 Å². The van der Waals surface area contributed by atoms with Crippen LogP contribution in [0.2, 0.25) is 0 Å². The minimum Gasteiger partial charge on any atom is -0.399 e. The molecule has 0 fully saturated rings. The number of nitrogens with zero attached hydrogens (tertiary/aromatic N) is 2. The summed E-state index contributed by atoms with van der Waals surface area (Å²) < 4.78 is 0.866. The molecule has 3 aromatic rings. The van der Waals surface area contributed by atoms with Crippen LogP contribution in [0.1, 0.15) is 5.82 Å². The van der Waals surface area contributed by atoms with Gasteiger partial charge < -0.3 is 16.5 Å². The monoisotopic (exact) mass is 317 g/mol. The lowest BCUT2D eigenvalue weighted by Crippen LogP contribution is -1.96. The summed E-state index contributed by atoms with van der Waals surface area (Å²) in [5, 5.41) is 0.803. The van der Waals surface area contributed by atoms with Crippen molar-refractivity contribution in [2.75, 3.05) is 11.5 Å². The van der Waals surface area contributed by atoms with Crippen molar-refractivity contribution in [3.05, 3.63) is 34.6 Å². The SMILES string of the molecule is Cc1nc(N)c2c(Br)c(-c3ccc(N)cc3)[nH]c2n1. The highest BCUT2D eigenvalue weighted by Gasteiger charge is 2.15. The first-order valence-electron chi connectivity index (χ1n) is 5.73. The molecule has 0 unspecified atom stereocenters. The molecule has 0 spiro atoms. The van der Waals surface area contributed by atoms with Gasteiger partial charge in [0.2, 0.25) is 0 Å². The second-order valence-electron chi connectivity index (χ2n) is 4.32. The van der Waals surface area contributed by atoms with Crippen molar-refractivity contribution >= 4 is 38.5 Å². The molecule has 5 nitrogen and oxygen atoms in total. The molecule has 96 valence electrons. The number of fused-ring (bicyclic) bond motifs is 1. The third-order valence-corrected chi connectivity index (χ3v) is 3.72. The van der Waals surface area contributed by atoms with Crippen LogP contribution in [-0.4, -0.2) is 15.0 Å². The van der Waals surface area contributed by atoms with Gasteiger partial charge >= 0.3 is 0 Å². The minimum absolute atomic E-state index is 0.465. The van der Waals surface area contributed by atoms with E-state index in [2.05, 4.69) is 30.9 Å². The largest absolute Gasteiger partial charge is 0.399 e. The summed E-state index contributed by atoms with van der Waals surface area (Å²) in [6, 6.07) is 7.60. The first-order chi connectivity index (χ1) is 9.06. The van der Waals surface area contributed by atoms with Gasteiger partial charge in [0, 0.05) is 5.69 Å². The van der Waals surface area contributed by atoms with Crippen molar-refractivity contribution in [1.82, 2.24) is 15.0 Å². The third kappa shape index (κ3) is 1.94. The average molecular weight is 318 g/mol. The molecule has 2 heterocycles. The number of anilines is 2. The van der Waals surface area contributed by atoms with Crippen molar-refractivity contribution in [2.45, 2.75) is 6.92 Å². The van der Waals surface area contributed by atoms with Gasteiger partial charge in [-0.15, -0.1) is 0 Å². The van der Waals surface area contributed by atoms with Gasteiger partial charge in [0.05, 0.1) is 15.6 Å². The number of nitrogen functional groups attached to an aromatic ring is 2. The van der Waals surface area contributed by atoms with E-state index in [4.69, 9.17) is 11.5 Å². The Morgan fingerprint density at radius 2 is 1.79 bits per heavy atom. The van der Waals surface area contributed by atoms with Crippen LogP contribution in [-0.2, 0) is 0 Å². The van der Waals surface area contributed by atoms with Crippen LogP contribution in [0.4, 0.5) is 11.5 Å². The second-order valence-corrected chi connectivity index (χ2v) is 5.11. The van der Waals surface area contributed by atoms with Crippen LogP contribution in [0, 0.1) is 6.92 Å². The Morgan fingerprint density at radius 1 is 1.11 bits per heavy atom. The fourth-order valence-electron chi connectivity index (χ4n) is 2.05. The van der Waals surface area contributed by atoms with E-state index >= 15 is 0 Å². The quantitative estimate of drug-likeness (QED) is 0.601. The third-order valence-electron chi connectivity index (χ3n) is 2.93. The predicted molar refractivity (Wildman–Crippen MR) is 80.6 cm³/mol. The first kappa shape index (κ1) is 12.0. The van der Waals surface area contributed by atoms with Crippen LogP contribution in [0.3, 0.4) is 0 Å². The van der Waals surface area contributed by atoms with Crippen molar-refractivity contribution in [1.29, 1.82) is 0 Å². The molecule has 0 saturated heterocycles. The highest BCUT2D eigenvalue weighted by atomic mass is 79.9. The van der Waals surface area contributed by atoms with E-state index in [1.165, 1.54) is 0 Å². The molecule has 3 rings (SSSR count). The molecule has 0 aliphatic heterocycles. The van der Waals surface area contributed by atoms with E-state index in [0.717, 1.165) is 32.5 Å². The Bertz CT molecular complexity index is 761. The zero-order chi connectivity index (χ0) is 13.6. The maximum Gasteiger partial charge on any atom is 0.144 e. The highest BCUT2D eigenvalue weighted by molar-refractivity contribution is 9.10. The van der Waals surface area contributed by atoms with Crippen molar-refractivity contribution in [3.63, 3.8) is 0 Å². The maximum atomic E-state index is 5.95. The molecule has 0 bridgehead atoms. The molecular formula is C13H12BrN5. The lowest BCUT2D eigenvalue weighted by Gasteiger charge is -2.00. The van der Waals surface area contributed by atoms with E-state index in [-0.39, 0.29) is 0 Å². The maximum absolute atomic E-state index is 5.95. The summed E-state index contributed by atoms with van der Waals surface area (Å²) in [6.07, 6.45) is 0. The zero-order valence-corrected chi connectivity index (χ0v) is 11.8. The number of hydrogen-bond donors (Lipinski definition) is 3. The summed E-state index contributed by atoms with van der Waals surface area (Å²) in [6.45, 7) is 1.81. The van der Waals surface area contributed by atoms with Gasteiger partial charge in [0.25, 0.3) is 0 Å². The van der Waals surface area contributed by atoms with Crippen LogP contribution >= 0.6 is 15.9 Å². The molecule has 5 N–H and O–H groups in total. The lowest BCUT2D eigenvalue weighted by atomic mass is 10.1. The highest BCUT2D eigenvalue weighted by Crippen LogP contribution is 2.36. The van der Waals surface area contributed by atoms with Crippen LogP contribution in [0.15, 0.2) is 28.7 Å². The molecule has 2 aromatic heterocycles. The number of rotatable bonds is 1. The van der Waals surface area contributed by atoms with Crippen molar-refractivity contribution in [3.8, 4) is 11.3 Å². The molecule has 1 aromatic carbocycles. The molecular weight excluding hydrogens is 306 g/mol. The van der Waals surface area contributed by atoms with Gasteiger partial charge in [0.1, 0.15) is 17.3 Å². The van der Waals surface area contributed by atoms with E-state index in [9.17, 15) is 0 Å². The molecule has 0 aliphatic rings. The van der Waals surface area contributed by atoms with Crippen LogP contribution < -0.4 is 11.5 Å². The smallest absolute Gasteiger partial charge is 0.144 e. The van der Waals surface area contributed by atoms with Gasteiger partial charge in [-0.2, -0.15) is 0 Å². The first-order valence-corrected chi connectivity index (χ1v) is 6.53. The Balaban J connectivity index is 2.28. The number of aromatic nitrogens is 3. The zero-order valence-electron chi connectivity index (χ0n) is 10.2. The second kappa shape index (κ2) is 4.24. The number of H-pyrrole nitrogens is 1. The Morgan fingerprint density at radius 3 is 2.47 bits per heavy atom. The van der Waals surface area contributed by atoms with E-state index in [1.54, 1.807) is 0 Å². The number of nitrogens with two attached hydrogens (primary N) is 2. The van der Waals surface area contributed by atoms with Crippen molar-refractivity contribution in [2.24, 2.45) is 0 Å². The van der Waals surface area contributed by atoms with E-state index < -0.39 is 0 Å². The number of aryl methyl sites for hydroxylation is 1. The molecule has 0 amide bonds. The van der Waals surface area contributed by atoms with Gasteiger partial charge in [-0.1, -0.05) is 12.1 Å². The van der Waals surface area contributed by atoms with Gasteiger partial charge in [-0.05, 0) is 40.5 Å². The summed E-state index contributed by atoms with van der Waals surface area (Å²) in [7, 11) is 0. The number of benzene rings is 1. The number of nitrogens with one attached hydrogen (secondary N) is 1. The summed E-state index contributed by atoms with van der Waals surface area (Å²) >= 11 is 3.56. The summed E-state index contributed by atoms with van der Waals surface area (Å²) in [5.41, 5.74) is 15.0. The fourth-order valence-corrected chi connectivity index (χ4v) is 2.77. The summed E-state index contributed by atoms with van der Waals surface area (Å²) in [5.74, 6) is 1.11. The van der Waals surface area contributed by atoms with Crippen LogP contribution in [0.5, 0.6) is 0 Å². The summed E-state index contributed by atoms with van der Waals surface area (Å²) in [4.78, 5) is 11.8. The number of halogens is 1. The van der Waals surface area contributed by atoms with Gasteiger partial charge in [0.15, 0.2) is 0 Å². The minimum atomic E-state index is 0.465. The number of hydrogen-bond acceptors (Lipinski definition) is 4. The van der Waals surface area contributed by atoms with Gasteiger partial charge in [-0.3, -0.25) is 0 Å². The Kier molecular flexibility index (Phi) is 2.67. The van der Waals surface area contributed by atoms with Crippen molar-refractivity contribution < 1.29 is 0 Å².